The number of aromatic carboxylic acids is 1. The van der Waals surface area contributed by atoms with Crippen LogP contribution in [0.3, 0.4) is 0 Å². The first-order valence-corrected chi connectivity index (χ1v) is 6.03. The molecule has 0 spiro atoms. The molecule has 0 radical (unpaired) electrons. The second kappa shape index (κ2) is 5.16. The summed E-state index contributed by atoms with van der Waals surface area (Å²) < 4.78 is 1.31. The van der Waals surface area contributed by atoms with Crippen molar-refractivity contribution in [1.29, 1.82) is 0 Å². The van der Waals surface area contributed by atoms with Crippen molar-refractivity contribution in [2.24, 2.45) is 7.05 Å². The van der Waals surface area contributed by atoms with Crippen LogP contribution in [0.15, 0.2) is 24.4 Å². The second-order valence-corrected chi connectivity index (χ2v) is 4.70. The fourth-order valence-corrected chi connectivity index (χ4v) is 2.05. The Labute approximate surface area is 116 Å². The van der Waals surface area contributed by atoms with Gasteiger partial charge in [-0.1, -0.05) is 6.07 Å². The maximum absolute atomic E-state index is 12.1. The molecule has 0 atom stereocenters. The van der Waals surface area contributed by atoms with Gasteiger partial charge < -0.3 is 10.4 Å². The molecule has 1 amide bonds. The minimum atomic E-state index is -1.18. The summed E-state index contributed by atoms with van der Waals surface area (Å²) in [6, 6.07) is 5.61. The Morgan fingerprint density at radius 1 is 1.20 bits per heavy atom. The molecule has 20 heavy (non-hydrogen) atoms. The predicted octanol–water partition coefficient (Wildman–Crippen LogP) is 1.99. The third kappa shape index (κ3) is 2.85. The number of hydrogen-bond donors (Lipinski definition) is 2. The Bertz CT molecular complexity index is 669. The molecular formula is C14H15N3O3. The summed E-state index contributed by atoms with van der Waals surface area (Å²) in [4.78, 5) is 23.2. The number of carbonyl (C=O) groups excluding carboxylic acids is 1. The zero-order chi connectivity index (χ0) is 14.9. The van der Waals surface area contributed by atoms with Gasteiger partial charge in [0.15, 0.2) is 5.69 Å². The summed E-state index contributed by atoms with van der Waals surface area (Å²) in [7, 11) is 1.57. The lowest BCUT2D eigenvalue weighted by molar-refractivity contribution is 0.0692. The third-order valence-corrected chi connectivity index (χ3v) is 2.75. The summed E-state index contributed by atoms with van der Waals surface area (Å²) in [5.74, 6) is -1.71. The van der Waals surface area contributed by atoms with Gasteiger partial charge in [-0.2, -0.15) is 5.10 Å². The summed E-state index contributed by atoms with van der Waals surface area (Å²) in [6.45, 7) is 3.85. The number of aromatic nitrogens is 2. The van der Waals surface area contributed by atoms with Crippen LogP contribution in [0.2, 0.25) is 0 Å². The van der Waals surface area contributed by atoms with E-state index >= 15 is 0 Å². The number of benzene rings is 1. The molecule has 1 heterocycles. The number of carbonyl (C=O) groups is 2. The predicted molar refractivity (Wildman–Crippen MR) is 74.0 cm³/mol. The van der Waals surface area contributed by atoms with E-state index in [4.69, 9.17) is 5.11 Å². The highest BCUT2D eigenvalue weighted by Gasteiger charge is 2.21. The molecule has 0 aliphatic rings. The van der Waals surface area contributed by atoms with Gasteiger partial charge in [-0.15, -0.1) is 0 Å². The van der Waals surface area contributed by atoms with E-state index in [9.17, 15) is 9.59 Å². The van der Waals surface area contributed by atoms with Crippen molar-refractivity contribution in [1.82, 2.24) is 9.78 Å². The minimum Gasteiger partial charge on any atom is -0.478 e. The summed E-state index contributed by atoms with van der Waals surface area (Å²) in [5.41, 5.74) is 2.43. The number of aryl methyl sites for hydroxylation is 3. The van der Waals surface area contributed by atoms with Crippen LogP contribution in [0.25, 0.3) is 0 Å². The van der Waals surface area contributed by atoms with Crippen LogP contribution < -0.4 is 5.32 Å². The summed E-state index contributed by atoms with van der Waals surface area (Å²) >= 11 is 0. The van der Waals surface area contributed by atoms with Crippen LogP contribution in [-0.4, -0.2) is 26.8 Å². The normalized spacial score (nSPS) is 10.3. The Balaban J connectivity index is 2.30. The fourth-order valence-electron chi connectivity index (χ4n) is 2.05. The van der Waals surface area contributed by atoms with Crippen molar-refractivity contribution in [3.05, 3.63) is 46.8 Å². The highest BCUT2D eigenvalue weighted by atomic mass is 16.4. The van der Waals surface area contributed by atoms with Crippen molar-refractivity contribution < 1.29 is 14.7 Å². The highest BCUT2D eigenvalue weighted by Crippen LogP contribution is 2.16. The van der Waals surface area contributed by atoms with Crippen LogP contribution in [0.4, 0.5) is 5.69 Å². The molecule has 104 valence electrons. The van der Waals surface area contributed by atoms with E-state index in [-0.39, 0.29) is 11.3 Å². The molecule has 6 heteroatoms. The smallest absolute Gasteiger partial charge is 0.339 e. The Morgan fingerprint density at radius 3 is 2.35 bits per heavy atom. The van der Waals surface area contributed by atoms with E-state index in [1.165, 1.54) is 10.9 Å². The molecule has 1 aromatic carbocycles. The molecule has 0 fully saturated rings. The van der Waals surface area contributed by atoms with E-state index in [1.54, 1.807) is 7.05 Å². The number of amides is 1. The monoisotopic (exact) mass is 273 g/mol. The maximum Gasteiger partial charge on any atom is 0.339 e. The molecule has 0 bridgehead atoms. The van der Waals surface area contributed by atoms with Crippen LogP contribution >= 0.6 is 0 Å². The van der Waals surface area contributed by atoms with Crippen LogP contribution in [0, 0.1) is 13.8 Å². The van der Waals surface area contributed by atoms with Gasteiger partial charge >= 0.3 is 5.97 Å². The fraction of sp³-hybridized carbons (Fsp3) is 0.214. The SMILES string of the molecule is Cc1cc(C)cc(NC(=O)c2nn(C)cc2C(=O)O)c1. The number of nitrogens with zero attached hydrogens (tertiary/aromatic N) is 2. The first-order chi connectivity index (χ1) is 9.36. The van der Waals surface area contributed by atoms with Gasteiger partial charge in [-0.3, -0.25) is 9.48 Å². The van der Waals surface area contributed by atoms with Crippen LogP contribution in [0.1, 0.15) is 32.0 Å². The number of hydrogen-bond acceptors (Lipinski definition) is 3. The lowest BCUT2D eigenvalue weighted by Crippen LogP contribution is -2.16. The Hall–Kier alpha value is -2.63. The van der Waals surface area contributed by atoms with Gasteiger partial charge in [0.05, 0.1) is 0 Å². The van der Waals surface area contributed by atoms with E-state index in [1.807, 2.05) is 32.0 Å². The van der Waals surface area contributed by atoms with Crippen molar-refractivity contribution in [3.63, 3.8) is 0 Å². The van der Waals surface area contributed by atoms with Crippen LogP contribution in [0.5, 0.6) is 0 Å². The topological polar surface area (TPSA) is 84.2 Å². The third-order valence-electron chi connectivity index (χ3n) is 2.75. The molecule has 2 N–H and O–H groups in total. The number of carboxylic acids is 1. The average molecular weight is 273 g/mol. The zero-order valence-electron chi connectivity index (χ0n) is 11.5. The molecule has 2 rings (SSSR count). The first kappa shape index (κ1) is 13.8. The molecular weight excluding hydrogens is 258 g/mol. The summed E-state index contributed by atoms with van der Waals surface area (Å²) in [6.07, 6.45) is 1.30. The second-order valence-electron chi connectivity index (χ2n) is 4.70. The lowest BCUT2D eigenvalue weighted by Gasteiger charge is -2.06. The standard InChI is InChI=1S/C14H15N3O3/c1-8-4-9(2)6-10(5-8)15-13(18)12-11(14(19)20)7-17(3)16-12/h4-7H,1-3H3,(H,15,18)(H,19,20). The zero-order valence-corrected chi connectivity index (χ0v) is 11.5. The first-order valence-electron chi connectivity index (χ1n) is 6.03. The van der Waals surface area contributed by atoms with Gasteiger partial charge in [0.2, 0.25) is 0 Å². The number of nitrogens with one attached hydrogen (secondary N) is 1. The van der Waals surface area contributed by atoms with Crippen molar-refractivity contribution >= 4 is 17.6 Å². The van der Waals surface area contributed by atoms with E-state index in [2.05, 4.69) is 10.4 Å². The van der Waals surface area contributed by atoms with Gasteiger partial charge in [0, 0.05) is 18.9 Å². The molecule has 0 unspecified atom stereocenters. The molecule has 1 aromatic heterocycles. The molecule has 0 aliphatic carbocycles. The Morgan fingerprint density at radius 2 is 1.80 bits per heavy atom. The van der Waals surface area contributed by atoms with E-state index in [0.29, 0.717) is 5.69 Å². The quantitative estimate of drug-likeness (QED) is 0.895. The van der Waals surface area contributed by atoms with E-state index in [0.717, 1.165) is 11.1 Å². The van der Waals surface area contributed by atoms with Gasteiger partial charge in [-0.25, -0.2) is 4.79 Å². The minimum absolute atomic E-state index is 0.0980. The van der Waals surface area contributed by atoms with E-state index < -0.39 is 11.9 Å². The largest absolute Gasteiger partial charge is 0.478 e. The van der Waals surface area contributed by atoms with Gasteiger partial charge in [0.1, 0.15) is 5.56 Å². The Kier molecular flexibility index (Phi) is 3.56. The molecule has 6 nitrogen and oxygen atoms in total. The number of carboxylic acid groups (broad SMARTS) is 1. The van der Waals surface area contributed by atoms with Crippen molar-refractivity contribution in [2.75, 3.05) is 5.32 Å². The maximum atomic E-state index is 12.1. The molecule has 0 aliphatic heterocycles. The summed E-state index contributed by atoms with van der Waals surface area (Å²) in [5, 5.41) is 15.6. The highest BCUT2D eigenvalue weighted by molar-refractivity contribution is 6.09. The number of anilines is 1. The number of rotatable bonds is 3. The van der Waals surface area contributed by atoms with Gasteiger partial charge in [0.25, 0.3) is 5.91 Å². The van der Waals surface area contributed by atoms with Gasteiger partial charge in [-0.05, 0) is 37.1 Å². The average Bonchev–Trinajstić information content (AvgIpc) is 2.70. The van der Waals surface area contributed by atoms with Crippen LogP contribution in [-0.2, 0) is 7.05 Å². The lowest BCUT2D eigenvalue weighted by atomic mass is 10.1. The molecule has 0 saturated carbocycles. The molecule has 0 saturated heterocycles. The molecule has 2 aromatic rings. The van der Waals surface area contributed by atoms with Crippen molar-refractivity contribution in [3.8, 4) is 0 Å². The van der Waals surface area contributed by atoms with Crippen molar-refractivity contribution in [2.45, 2.75) is 13.8 Å².